The Morgan fingerprint density at radius 1 is 0.885 bits per heavy atom. The maximum atomic E-state index is 12.3. The van der Waals surface area contributed by atoms with Gasteiger partial charge in [-0.1, -0.05) is 49.6 Å². The smallest absolute Gasteiger partial charge is 0.271 e. The van der Waals surface area contributed by atoms with E-state index in [1.54, 1.807) is 0 Å². The van der Waals surface area contributed by atoms with Gasteiger partial charge in [0, 0.05) is 11.3 Å². The molecule has 4 nitrogen and oxygen atoms in total. The Balaban J connectivity index is 1.51. The predicted octanol–water partition coefficient (Wildman–Crippen LogP) is 5.10. The summed E-state index contributed by atoms with van der Waals surface area (Å²) in [5.41, 5.74) is 5.47. The molecular formula is C22H26N2O2. The summed E-state index contributed by atoms with van der Waals surface area (Å²) in [6.45, 7) is 0.480. The lowest BCUT2D eigenvalue weighted by Crippen LogP contribution is -2.20. The highest BCUT2D eigenvalue weighted by atomic mass is 16.5. The number of rotatable bonds is 5. The quantitative estimate of drug-likeness (QED) is 0.763. The fraction of sp³-hybridized carbons (Fsp3) is 0.364. The predicted molar refractivity (Wildman–Crippen MR) is 104 cm³/mol. The molecule has 0 spiro atoms. The number of hydrogen-bond donors (Lipinski definition) is 1. The largest absolute Gasteiger partial charge is 0.489 e. The number of nitrogens with one attached hydrogen (secondary N) is 1. The minimum atomic E-state index is -0.157. The van der Waals surface area contributed by atoms with E-state index < -0.39 is 0 Å². The van der Waals surface area contributed by atoms with Crippen LogP contribution >= 0.6 is 0 Å². The average Bonchev–Trinajstić information content (AvgIpc) is 2.66. The van der Waals surface area contributed by atoms with Gasteiger partial charge in [-0.05, 0) is 55.5 Å². The monoisotopic (exact) mass is 350 g/mol. The number of nitrogens with zero attached hydrogens (tertiary/aromatic N) is 1. The first-order valence-electron chi connectivity index (χ1n) is 9.44. The van der Waals surface area contributed by atoms with Crippen molar-refractivity contribution in [1.29, 1.82) is 0 Å². The first kappa shape index (κ1) is 18.2. The minimum absolute atomic E-state index is 0.157. The average molecular weight is 350 g/mol. The Labute approximate surface area is 155 Å². The summed E-state index contributed by atoms with van der Waals surface area (Å²) in [7, 11) is 0. The second kappa shape index (κ2) is 9.76. The third kappa shape index (κ3) is 5.73. The van der Waals surface area contributed by atoms with Crippen LogP contribution in [0.1, 0.15) is 60.9 Å². The summed E-state index contributed by atoms with van der Waals surface area (Å²) < 4.78 is 5.72. The number of hydrogen-bond acceptors (Lipinski definition) is 3. The van der Waals surface area contributed by atoms with Gasteiger partial charge in [0.15, 0.2) is 0 Å². The SMILES string of the molecule is O=C(NN=C1CCCCCCC1)c1ccc(COc2ccccc2)cc1. The van der Waals surface area contributed by atoms with Crippen molar-refractivity contribution in [3.05, 3.63) is 65.7 Å². The number of hydrazone groups is 1. The Bertz CT molecular complexity index is 714. The summed E-state index contributed by atoms with van der Waals surface area (Å²) in [5.74, 6) is 0.680. The van der Waals surface area contributed by atoms with Crippen molar-refractivity contribution in [3.63, 3.8) is 0 Å². The molecule has 0 unspecified atom stereocenters. The van der Waals surface area contributed by atoms with Gasteiger partial charge >= 0.3 is 0 Å². The molecule has 3 rings (SSSR count). The van der Waals surface area contributed by atoms with Gasteiger partial charge in [0.1, 0.15) is 12.4 Å². The fourth-order valence-electron chi connectivity index (χ4n) is 3.06. The molecule has 1 aliphatic rings. The molecule has 0 aliphatic heterocycles. The van der Waals surface area contributed by atoms with Gasteiger partial charge in [0.2, 0.25) is 0 Å². The number of para-hydroxylation sites is 1. The molecule has 0 atom stereocenters. The summed E-state index contributed by atoms with van der Waals surface area (Å²) in [4.78, 5) is 12.3. The van der Waals surface area contributed by atoms with Crippen molar-refractivity contribution >= 4 is 11.6 Å². The highest BCUT2D eigenvalue weighted by Gasteiger charge is 2.08. The number of benzene rings is 2. The molecule has 0 saturated heterocycles. The van der Waals surface area contributed by atoms with Gasteiger partial charge in [-0.2, -0.15) is 5.10 Å². The molecule has 2 aromatic carbocycles. The first-order valence-corrected chi connectivity index (χ1v) is 9.44. The molecule has 2 aromatic rings. The van der Waals surface area contributed by atoms with E-state index in [2.05, 4.69) is 10.5 Å². The highest BCUT2D eigenvalue weighted by molar-refractivity contribution is 5.95. The van der Waals surface area contributed by atoms with Gasteiger partial charge in [-0.15, -0.1) is 0 Å². The van der Waals surface area contributed by atoms with Crippen LogP contribution in [0.3, 0.4) is 0 Å². The van der Waals surface area contributed by atoms with Crippen LogP contribution in [-0.2, 0) is 6.61 Å². The maximum Gasteiger partial charge on any atom is 0.271 e. The molecule has 1 aliphatic carbocycles. The lowest BCUT2D eigenvalue weighted by molar-refractivity contribution is 0.0954. The topological polar surface area (TPSA) is 50.7 Å². The van der Waals surface area contributed by atoms with Gasteiger partial charge < -0.3 is 4.74 Å². The maximum absolute atomic E-state index is 12.3. The van der Waals surface area contributed by atoms with Crippen LogP contribution in [0.15, 0.2) is 59.7 Å². The molecule has 136 valence electrons. The van der Waals surface area contributed by atoms with Crippen LogP contribution in [0, 0.1) is 0 Å². The summed E-state index contributed by atoms with van der Waals surface area (Å²) in [6, 6.07) is 17.2. The van der Waals surface area contributed by atoms with Gasteiger partial charge in [0.25, 0.3) is 5.91 Å². The Morgan fingerprint density at radius 2 is 1.54 bits per heavy atom. The Hall–Kier alpha value is -2.62. The molecule has 0 bridgehead atoms. The number of carbonyl (C=O) groups excluding carboxylic acids is 1. The Morgan fingerprint density at radius 3 is 2.23 bits per heavy atom. The van der Waals surface area contributed by atoms with Crippen molar-refractivity contribution in [3.8, 4) is 5.75 Å². The second-order valence-electron chi connectivity index (χ2n) is 6.69. The Kier molecular flexibility index (Phi) is 6.82. The van der Waals surface area contributed by atoms with E-state index in [4.69, 9.17) is 4.74 Å². The van der Waals surface area contributed by atoms with Crippen molar-refractivity contribution < 1.29 is 9.53 Å². The second-order valence-corrected chi connectivity index (χ2v) is 6.69. The van der Waals surface area contributed by atoms with Gasteiger partial charge in [0.05, 0.1) is 0 Å². The van der Waals surface area contributed by atoms with Gasteiger partial charge in [-0.25, -0.2) is 5.43 Å². The third-order valence-electron chi connectivity index (χ3n) is 4.61. The molecule has 1 saturated carbocycles. The van der Waals surface area contributed by atoms with Crippen LogP contribution in [0.4, 0.5) is 0 Å². The zero-order valence-corrected chi connectivity index (χ0v) is 15.1. The first-order chi connectivity index (χ1) is 12.8. The van der Waals surface area contributed by atoms with E-state index in [0.29, 0.717) is 12.2 Å². The molecule has 4 heteroatoms. The summed E-state index contributed by atoms with van der Waals surface area (Å²) in [6.07, 6.45) is 8.18. The van der Waals surface area contributed by atoms with E-state index in [-0.39, 0.29) is 5.91 Å². The molecule has 1 N–H and O–H groups in total. The van der Waals surface area contributed by atoms with Crippen molar-refractivity contribution in [2.75, 3.05) is 0 Å². The number of ether oxygens (including phenoxy) is 1. The minimum Gasteiger partial charge on any atom is -0.489 e. The zero-order chi connectivity index (χ0) is 18.0. The third-order valence-corrected chi connectivity index (χ3v) is 4.61. The zero-order valence-electron chi connectivity index (χ0n) is 15.1. The molecular weight excluding hydrogens is 324 g/mol. The lowest BCUT2D eigenvalue weighted by Gasteiger charge is -2.11. The van der Waals surface area contributed by atoms with Crippen LogP contribution in [0.5, 0.6) is 5.75 Å². The molecule has 0 heterocycles. The molecule has 0 aromatic heterocycles. The summed E-state index contributed by atoms with van der Waals surface area (Å²) >= 11 is 0. The highest BCUT2D eigenvalue weighted by Crippen LogP contribution is 2.15. The van der Waals surface area contributed by atoms with Crippen LogP contribution < -0.4 is 10.2 Å². The van der Waals surface area contributed by atoms with Crippen LogP contribution in [0.2, 0.25) is 0 Å². The van der Waals surface area contributed by atoms with Crippen molar-refractivity contribution in [2.24, 2.45) is 5.10 Å². The molecule has 1 amide bonds. The van der Waals surface area contributed by atoms with E-state index in [9.17, 15) is 4.79 Å². The fourth-order valence-corrected chi connectivity index (χ4v) is 3.06. The summed E-state index contributed by atoms with van der Waals surface area (Å²) in [5, 5.41) is 4.35. The number of amides is 1. The number of carbonyl (C=O) groups is 1. The van der Waals surface area contributed by atoms with Crippen molar-refractivity contribution in [2.45, 2.75) is 51.6 Å². The standard InChI is InChI=1S/C22H26N2O2/c25-22(24-23-20-9-5-2-1-3-6-10-20)19-15-13-18(14-16-19)17-26-21-11-7-4-8-12-21/h4,7-8,11-16H,1-3,5-6,9-10,17H2,(H,24,25). The molecule has 1 fully saturated rings. The lowest BCUT2D eigenvalue weighted by atomic mass is 9.99. The van der Waals surface area contributed by atoms with E-state index in [1.165, 1.54) is 32.1 Å². The van der Waals surface area contributed by atoms with Crippen LogP contribution in [0.25, 0.3) is 0 Å². The van der Waals surface area contributed by atoms with E-state index >= 15 is 0 Å². The van der Waals surface area contributed by atoms with Crippen LogP contribution in [-0.4, -0.2) is 11.6 Å². The van der Waals surface area contributed by atoms with Gasteiger partial charge in [-0.3, -0.25) is 4.79 Å². The van der Waals surface area contributed by atoms with E-state index in [1.807, 2.05) is 54.6 Å². The molecule has 0 radical (unpaired) electrons. The molecule has 26 heavy (non-hydrogen) atoms. The van der Waals surface area contributed by atoms with E-state index in [0.717, 1.165) is 29.9 Å². The normalized spacial score (nSPS) is 14.8. The van der Waals surface area contributed by atoms with Crippen molar-refractivity contribution in [1.82, 2.24) is 5.43 Å².